The van der Waals surface area contributed by atoms with Gasteiger partial charge in [0.1, 0.15) is 0 Å². The van der Waals surface area contributed by atoms with E-state index in [1.807, 2.05) is 6.92 Å². The van der Waals surface area contributed by atoms with Crippen molar-refractivity contribution in [3.63, 3.8) is 0 Å². The second-order valence-electron chi connectivity index (χ2n) is 6.65. The maximum atomic E-state index is 11.9. The zero-order valence-electron chi connectivity index (χ0n) is 14.8. The number of nitrogens with zero attached hydrogens (tertiary/aromatic N) is 3. The lowest BCUT2D eigenvalue weighted by molar-refractivity contribution is 0.0953. The highest BCUT2D eigenvalue weighted by Gasteiger charge is 2.21. The smallest absolute Gasteiger partial charge is 0.254 e. The van der Waals surface area contributed by atoms with E-state index < -0.39 is 0 Å². The lowest BCUT2D eigenvalue weighted by Crippen LogP contribution is -2.35. The van der Waals surface area contributed by atoms with Crippen LogP contribution in [0.25, 0.3) is 0 Å². The molecule has 2 aromatic rings. The van der Waals surface area contributed by atoms with E-state index in [1.165, 1.54) is 5.56 Å². The Hall–Kier alpha value is -2.43. The average Bonchev–Trinajstić information content (AvgIpc) is 2.68. The molecule has 1 amide bonds. The van der Waals surface area contributed by atoms with E-state index in [4.69, 9.17) is 0 Å². The monoisotopic (exact) mass is 338 g/mol. The number of hydrogen-bond acceptors (Lipinski definition) is 4. The van der Waals surface area contributed by atoms with E-state index in [0.29, 0.717) is 12.1 Å². The quantitative estimate of drug-likeness (QED) is 0.879. The van der Waals surface area contributed by atoms with Gasteiger partial charge in [0, 0.05) is 32.0 Å². The molecule has 1 N–H and O–H groups in total. The number of carbonyl (C=O) groups excluding carboxylic acids is 1. The van der Waals surface area contributed by atoms with E-state index in [1.54, 1.807) is 12.4 Å². The molecular formula is C20H26N4O. The lowest BCUT2D eigenvalue weighted by Gasteiger charge is -2.32. The Labute approximate surface area is 149 Å². The molecule has 0 bridgehead atoms. The van der Waals surface area contributed by atoms with Crippen LogP contribution in [0, 0.1) is 5.92 Å². The topological polar surface area (TPSA) is 58.1 Å². The summed E-state index contributed by atoms with van der Waals surface area (Å²) in [6.07, 6.45) is 7.62. The molecule has 2 heterocycles. The molecule has 1 fully saturated rings. The molecule has 0 spiro atoms. The fourth-order valence-corrected chi connectivity index (χ4v) is 3.23. The summed E-state index contributed by atoms with van der Waals surface area (Å²) in [6.45, 7) is 4.65. The van der Waals surface area contributed by atoms with Gasteiger partial charge >= 0.3 is 0 Å². The molecule has 0 unspecified atom stereocenters. The summed E-state index contributed by atoms with van der Waals surface area (Å²) in [6, 6.07) is 10.7. The van der Waals surface area contributed by atoms with Gasteiger partial charge in [0.05, 0.1) is 5.56 Å². The van der Waals surface area contributed by atoms with Gasteiger partial charge in [0.25, 0.3) is 5.91 Å². The van der Waals surface area contributed by atoms with E-state index in [0.717, 1.165) is 50.6 Å². The van der Waals surface area contributed by atoms with Crippen LogP contribution < -0.4 is 10.2 Å². The molecule has 1 aromatic carbocycles. The number of aromatic nitrogens is 2. The Morgan fingerprint density at radius 1 is 1.16 bits per heavy atom. The van der Waals surface area contributed by atoms with E-state index in [-0.39, 0.29) is 5.91 Å². The Morgan fingerprint density at radius 2 is 1.84 bits per heavy atom. The van der Waals surface area contributed by atoms with Crippen molar-refractivity contribution in [2.45, 2.75) is 32.6 Å². The predicted molar refractivity (Wildman–Crippen MR) is 99.7 cm³/mol. The van der Waals surface area contributed by atoms with Gasteiger partial charge in [-0.15, -0.1) is 0 Å². The first-order valence-corrected chi connectivity index (χ1v) is 9.15. The molecule has 0 aliphatic carbocycles. The largest absolute Gasteiger partial charge is 0.352 e. The van der Waals surface area contributed by atoms with Crippen LogP contribution >= 0.6 is 0 Å². The number of rotatable bonds is 6. The first-order chi connectivity index (χ1) is 12.3. The molecule has 1 saturated heterocycles. The van der Waals surface area contributed by atoms with Crippen LogP contribution in [-0.4, -0.2) is 35.5 Å². The number of nitrogens with one attached hydrogen (secondary N) is 1. The van der Waals surface area contributed by atoms with Gasteiger partial charge in [0.2, 0.25) is 5.95 Å². The van der Waals surface area contributed by atoms with E-state index >= 15 is 0 Å². The molecular weight excluding hydrogens is 312 g/mol. The summed E-state index contributed by atoms with van der Waals surface area (Å²) in [5.41, 5.74) is 1.94. The third-order valence-electron chi connectivity index (χ3n) is 4.70. The predicted octanol–water partition coefficient (Wildman–Crippen LogP) is 3.08. The molecule has 0 atom stereocenters. The maximum absolute atomic E-state index is 11.9. The molecule has 132 valence electrons. The van der Waals surface area contributed by atoms with Crippen LogP contribution in [-0.2, 0) is 6.42 Å². The second-order valence-corrected chi connectivity index (χ2v) is 6.65. The molecule has 3 rings (SSSR count). The van der Waals surface area contributed by atoms with Gasteiger partial charge in [-0.25, -0.2) is 9.97 Å². The zero-order valence-corrected chi connectivity index (χ0v) is 14.8. The van der Waals surface area contributed by atoms with Crippen LogP contribution in [0.5, 0.6) is 0 Å². The van der Waals surface area contributed by atoms with E-state index in [9.17, 15) is 4.79 Å². The minimum atomic E-state index is -0.102. The zero-order chi connectivity index (χ0) is 17.5. The highest BCUT2D eigenvalue weighted by Crippen LogP contribution is 2.23. The SMILES string of the molecule is CCCNC(=O)c1cnc(N2CCC(Cc3ccccc3)CC2)nc1. The summed E-state index contributed by atoms with van der Waals surface area (Å²) in [5.74, 6) is 1.35. The molecule has 25 heavy (non-hydrogen) atoms. The third-order valence-corrected chi connectivity index (χ3v) is 4.70. The molecule has 0 saturated carbocycles. The van der Waals surface area contributed by atoms with Gasteiger partial charge in [-0.2, -0.15) is 0 Å². The van der Waals surface area contributed by atoms with Gasteiger partial charge in [-0.05, 0) is 37.2 Å². The van der Waals surface area contributed by atoms with Crippen LogP contribution in [0.2, 0.25) is 0 Å². The lowest BCUT2D eigenvalue weighted by atomic mass is 9.90. The standard InChI is InChI=1S/C20H26N4O/c1-2-10-21-19(25)18-14-22-20(23-15-18)24-11-8-17(9-12-24)13-16-6-4-3-5-7-16/h3-7,14-15,17H,2,8-13H2,1H3,(H,21,25). The molecule has 1 aliphatic rings. The summed E-state index contributed by atoms with van der Waals surface area (Å²) in [5, 5.41) is 2.84. The third kappa shape index (κ3) is 4.78. The number of anilines is 1. The fourth-order valence-electron chi connectivity index (χ4n) is 3.23. The minimum Gasteiger partial charge on any atom is -0.352 e. The Morgan fingerprint density at radius 3 is 2.48 bits per heavy atom. The minimum absolute atomic E-state index is 0.102. The fraction of sp³-hybridized carbons (Fsp3) is 0.450. The van der Waals surface area contributed by atoms with E-state index in [2.05, 4.69) is 50.5 Å². The van der Waals surface area contributed by atoms with Crippen molar-refractivity contribution in [3.05, 3.63) is 53.9 Å². The van der Waals surface area contributed by atoms with Crippen LogP contribution in [0.15, 0.2) is 42.7 Å². The van der Waals surface area contributed by atoms with Gasteiger partial charge < -0.3 is 10.2 Å². The average molecular weight is 338 g/mol. The van der Waals surface area contributed by atoms with Crippen molar-refractivity contribution in [2.75, 3.05) is 24.5 Å². The molecule has 5 nitrogen and oxygen atoms in total. The second kappa shape index (κ2) is 8.60. The normalized spacial score (nSPS) is 15.2. The summed E-state index contributed by atoms with van der Waals surface area (Å²) in [4.78, 5) is 22.9. The first kappa shape index (κ1) is 17.4. The van der Waals surface area contributed by atoms with Crippen molar-refractivity contribution in [3.8, 4) is 0 Å². The van der Waals surface area contributed by atoms with Gasteiger partial charge in [-0.1, -0.05) is 37.3 Å². The van der Waals surface area contributed by atoms with Crippen molar-refractivity contribution in [2.24, 2.45) is 5.92 Å². The van der Waals surface area contributed by atoms with Gasteiger partial charge in [-0.3, -0.25) is 4.79 Å². The van der Waals surface area contributed by atoms with Crippen LogP contribution in [0.3, 0.4) is 0 Å². The van der Waals surface area contributed by atoms with Crippen LogP contribution in [0.1, 0.15) is 42.1 Å². The van der Waals surface area contributed by atoms with Crippen molar-refractivity contribution in [1.82, 2.24) is 15.3 Å². The number of piperidine rings is 1. The van der Waals surface area contributed by atoms with Crippen molar-refractivity contribution >= 4 is 11.9 Å². The Bertz CT molecular complexity index is 664. The number of carbonyl (C=O) groups is 1. The highest BCUT2D eigenvalue weighted by atomic mass is 16.1. The highest BCUT2D eigenvalue weighted by molar-refractivity contribution is 5.93. The number of hydrogen-bond donors (Lipinski definition) is 1. The Kier molecular flexibility index (Phi) is 5.99. The molecule has 1 aliphatic heterocycles. The summed E-state index contributed by atoms with van der Waals surface area (Å²) in [7, 11) is 0. The van der Waals surface area contributed by atoms with Crippen LogP contribution in [0.4, 0.5) is 5.95 Å². The summed E-state index contributed by atoms with van der Waals surface area (Å²) >= 11 is 0. The summed E-state index contributed by atoms with van der Waals surface area (Å²) < 4.78 is 0. The van der Waals surface area contributed by atoms with Crippen molar-refractivity contribution in [1.29, 1.82) is 0 Å². The number of amides is 1. The van der Waals surface area contributed by atoms with Gasteiger partial charge in [0.15, 0.2) is 0 Å². The van der Waals surface area contributed by atoms with Crippen molar-refractivity contribution < 1.29 is 4.79 Å². The molecule has 1 aromatic heterocycles. The first-order valence-electron chi connectivity index (χ1n) is 9.15. The molecule has 0 radical (unpaired) electrons. The number of benzene rings is 1. The maximum Gasteiger partial charge on any atom is 0.254 e. The Balaban J connectivity index is 1.51. The molecule has 5 heteroatoms.